The highest BCUT2D eigenvalue weighted by Crippen LogP contribution is 2.35. The lowest BCUT2D eigenvalue weighted by molar-refractivity contribution is 0.117. The van der Waals surface area contributed by atoms with Crippen LogP contribution in [0.1, 0.15) is 29.2 Å². The molecule has 0 saturated carbocycles. The smallest absolute Gasteiger partial charge is 0.474 e. The van der Waals surface area contributed by atoms with Crippen LogP contribution < -0.4 is 48.6 Å². The van der Waals surface area contributed by atoms with Gasteiger partial charge in [-0.25, -0.2) is 0 Å². The van der Waals surface area contributed by atoms with Crippen molar-refractivity contribution in [1.29, 1.82) is 26.3 Å². The predicted octanol–water partition coefficient (Wildman–Crippen LogP) is 1.22. The molecule has 0 saturated heterocycles. The topological polar surface area (TPSA) is 545 Å². The number of nitriles is 5. The van der Waals surface area contributed by atoms with Crippen molar-refractivity contribution in [3.8, 4) is 48.0 Å². The summed E-state index contributed by atoms with van der Waals surface area (Å²) >= 11 is 0. The maximum atomic E-state index is 11.4. The summed E-state index contributed by atoms with van der Waals surface area (Å²) in [6, 6.07) is 14.8. The van der Waals surface area contributed by atoms with E-state index in [-0.39, 0.29) is 127 Å². The minimum atomic E-state index is -4.20. The van der Waals surface area contributed by atoms with Crippen LogP contribution in [0, 0.1) is 76.7 Å². The van der Waals surface area contributed by atoms with Crippen molar-refractivity contribution < 1.29 is 60.3 Å². The molecule has 0 amide bonds. The lowest BCUT2D eigenvalue weighted by Gasteiger charge is -2.10. The standard InChI is InChI=1S/C10H16N5O3P.C9H12O3S.C8H12N5O5P.C7H9N5O2.C6N4/c1-19(2,16)6-17-3-4-18-9-7(5-11)8(12)14-10(13)15-9;1-3-12-13(10,11)9-6-4-8(2)5-7-9;9-3-5-6(10)12-8(11)13-7(5)18-2-1-17-4-19(14,15)16;8-3-4-5(9)11-7(10)12-6(4)14-2-1-13;1-9-6(10-2)5(3-7)4-8/h3-4,6H2,1-2H3,(H4,12,13,14,15);4-7H,3H2,1-2H3;1-2,4H2,(H2,14,15,16)(H4,10,11,12,13);13H,1-2H2,(H4,9,10,11,12);. The summed E-state index contributed by atoms with van der Waals surface area (Å²) in [6.07, 6.45) is -0.537. The second-order valence-electron chi connectivity index (χ2n) is 13.7. The van der Waals surface area contributed by atoms with Crippen LogP contribution in [0.15, 0.2) is 40.6 Å². The maximum Gasteiger partial charge on any atom is 0.548 e. The summed E-state index contributed by atoms with van der Waals surface area (Å²) in [7, 11) is -9.94. The second kappa shape index (κ2) is 33.6. The van der Waals surface area contributed by atoms with E-state index >= 15 is 0 Å². The Morgan fingerprint density at radius 1 is 0.653 bits per heavy atom. The minimum absolute atomic E-state index is 0.00782. The van der Waals surface area contributed by atoms with Gasteiger partial charge >= 0.3 is 13.4 Å². The number of aliphatic hydroxyl groups is 1. The fourth-order valence-electron chi connectivity index (χ4n) is 4.24. The van der Waals surface area contributed by atoms with Crippen LogP contribution in [0.2, 0.25) is 0 Å². The summed E-state index contributed by atoms with van der Waals surface area (Å²) < 4.78 is 74.3. The van der Waals surface area contributed by atoms with Crippen molar-refractivity contribution in [1.82, 2.24) is 29.9 Å². The maximum absolute atomic E-state index is 11.4. The summed E-state index contributed by atoms with van der Waals surface area (Å²) in [5.41, 5.74) is 33.0. The van der Waals surface area contributed by atoms with Crippen LogP contribution in [-0.4, -0.2) is 125 Å². The number of benzene rings is 1. The van der Waals surface area contributed by atoms with Crippen molar-refractivity contribution in [3.63, 3.8) is 0 Å². The molecule has 0 aliphatic heterocycles. The van der Waals surface area contributed by atoms with E-state index in [1.807, 2.05) is 13.0 Å². The fraction of sp³-hybridized carbons (Fsp3) is 0.325. The van der Waals surface area contributed by atoms with Crippen LogP contribution in [0.4, 0.5) is 35.3 Å². The number of anilines is 6. The van der Waals surface area contributed by atoms with E-state index in [9.17, 15) is 17.5 Å². The lowest BCUT2D eigenvalue weighted by Crippen LogP contribution is -2.12. The summed E-state index contributed by atoms with van der Waals surface area (Å²) in [5, 5.41) is 51.2. The molecule has 0 unspecified atom stereocenters. The molecule has 0 radical (unpaired) electrons. The Balaban J connectivity index is 0.000000930. The number of aliphatic hydroxyl groups excluding tert-OH is 1. The Bertz CT molecular complexity index is 2950. The Kier molecular flexibility index (Phi) is 29.6. The molecular formula is C40H49N19O13P2S. The SMILES string of the molecule is CCOS(=O)(=O)c1ccc(C)cc1.CP(C)(=O)COCCOc1nc(N)nc(N)c1C#N.N#Cc1c(N)nc(N)nc1OCCO.N#Cc1c(N)nc(N)nc1OCCOCP(=O)(O)O.[C-]#[N+]C([N+]#[C-])=C(C#N)C#N. The molecule has 0 aliphatic carbocycles. The molecule has 75 heavy (non-hydrogen) atoms. The van der Waals surface area contributed by atoms with Crippen LogP contribution in [-0.2, 0) is 32.9 Å². The monoisotopic (exact) mass is 1100 g/mol. The van der Waals surface area contributed by atoms with Crippen molar-refractivity contribution >= 4 is 60.2 Å². The van der Waals surface area contributed by atoms with Crippen LogP contribution >= 0.6 is 14.7 Å². The van der Waals surface area contributed by atoms with Gasteiger partial charge in [-0.2, -0.15) is 74.3 Å². The molecule has 3 aromatic heterocycles. The number of ether oxygens (including phenoxy) is 5. The van der Waals surface area contributed by atoms with Gasteiger partial charge in [-0.3, -0.25) is 8.75 Å². The molecule has 32 nitrogen and oxygen atoms in total. The summed E-state index contributed by atoms with van der Waals surface area (Å²) in [4.78, 5) is 44.6. The quantitative estimate of drug-likeness (QED) is 0.0222. The first-order valence-electron chi connectivity index (χ1n) is 20.2. The normalized spacial score (nSPS) is 10.1. The first-order valence-corrected chi connectivity index (χ1v) is 26.2. The third kappa shape index (κ3) is 26.3. The van der Waals surface area contributed by atoms with E-state index in [0.717, 1.165) is 5.56 Å². The van der Waals surface area contributed by atoms with Crippen molar-refractivity contribution in [3.05, 3.63) is 80.7 Å². The second-order valence-corrected chi connectivity index (χ2v) is 20.3. The predicted molar refractivity (Wildman–Crippen MR) is 265 cm³/mol. The van der Waals surface area contributed by atoms with Gasteiger partial charge in [0, 0.05) is 0 Å². The first-order chi connectivity index (χ1) is 35.2. The highest BCUT2D eigenvalue weighted by atomic mass is 32.2. The number of nitrogens with two attached hydrogens (primary N) is 6. The number of nitrogens with zero attached hydrogens (tertiary/aromatic N) is 13. The Morgan fingerprint density at radius 2 is 1.03 bits per heavy atom. The molecule has 0 aliphatic rings. The summed E-state index contributed by atoms with van der Waals surface area (Å²) in [6.45, 7) is 19.7. The highest BCUT2D eigenvalue weighted by molar-refractivity contribution is 7.86. The molecular weight excluding hydrogens is 1050 g/mol. The average molecular weight is 1100 g/mol. The van der Waals surface area contributed by atoms with Gasteiger partial charge in [0.15, 0.2) is 34.1 Å². The average Bonchev–Trinajstić information content (AvgIpc) is 3.32. The van der Waals surface area contributed by atoms with Gasteiger partial charge in [0.05, 0.1) is 37.7 Å². The Hall–Kier alpha value is -9.00. The van der Waals surface area contributed by atoms with E-state index < -0.39 is 42.6 Å². The largest absolute Gasteiger partial charge is 0.548 e. The van der Waals surface area contributed by atoms with Gasteiger partial charge in [0.25, 0.3) is 10.1 Å². The van der Waals surface area contributed by atoms with Gasteiger partial charge < -0.3 is 77.5 Å². The third-order valence-electron chi connectivity index (χ3n) is 7.27. The first kappa shape index (κ1) is 66.0. The number of aryl methyl sites for hydroxylation is 1. The number of rotatable bonds is 18. The fourth-order valence-corrected chi connectivity index (χ4v) is 6.10. The molecule has 35 heteroatoms. The summed E-state index contributed by atoms with van der Waals surface area (Å²) in [5.74, 6) is -1.03. The van der Waals surface area contributed by atoms with Crippen molar-refractivity contribution in [2.75, 3.05) is 107 Å². The molecule has 15 N–H and O–H groups in total. The molecule has 4 aromatic rings. The molecule has 0 atom stereocenters. The van der Waals surface area contributed by atoms with E-state index in [2.05, 4.69) is 48.5 Å². The van der Waals surface area contributed by atoms with Crippen LogP contribution in [0.3, 0.4) is 0 Å². The van der Waals surface area contributed by atoms with Crippen LogP contribution in [0.5, 0.6) is 17.6 Å². The van der Waals surface area contributed by atoms with Gasteiger partial charge in [-0.05, 0) is 39.3 Å². The zero-order valence-electron chi connectivity index (χ0n) is 40.2. The third-order valence-corrected chi connectivity index (χ3v) is 9.98. The molecule has 0 bridgehead atoms. The number of hydrogen-bond donors (Lipinski definition) is 9. The van der Waals surface area contributed by atoms with Gasteiger partial charge in [-0.1, -0.05) is 17.7 Å². The number of hydrogen-bond acceptors (Lipinski definition) is 28. The zero-order valence-corrected chi connectivity index (χ0v) is 42.8. The molecule has 1 aromatic carbocycles. The lowest BCUT2D eigenvalue weighted by atomic mass is 10.2. The minimum Gasteiger partial charge on any atom is -0.474 e. The number of aromatic nitrogens is 6. The molecule has 0 fully saturated rings. The van der Waals surface area contributed by atoms with Crippen molar-refractivity contribution in [2.45, 2.75) is 18.7 Å². The Labute approximate surface area is 429 Å². The van der Waals surface area contributed by atoms with Crippen LogP contribution in [0.25, 0.3) is 9.69 Å². The molecule has 3 heterocycles. The zero-order chi connectivity index (χ0) is 57.4. The van der Waals surface area contributed by atoms with Gasteiger partial charge in [-0.15, -0.1) is 0 Å². The Morgan fingerprint density at radius 3 is 1.32 bits per heavy atom. The van der Waals surface area contributed by atoms with Gasteiger partial charge in [0.1, 0.15) is 76.8 Å². The van der Waals surface area contributed by atoms with E-state index in [0.29, 0.717) is 0 Å². The molecule has 4 rings (SSSR count). The van der Waals surface area contributed by atoms with E-state index in [1.165, 1.54) is 12.1 Å². The molecule has 398 valence electrons. The number of nitrogen functional groups attached to an aromatic ring is 6. The molecule has 0 spiro atoms. The van der Waals surface area contributed by atoms with Gasteiger partial charge in [0.2, 0.25) is 41.1 Å². The van der Waals surface area contributed by atoms with Crippen molar-refractivity contribution in [2.24, 2.45) is 0 Å². The van der Waals surface area contributed by atoms with E-state index in [1.54, 1.807) is 56.7 Å². The highest BCUT2D eigenvalue weighted by Gasteiger charge is 2.17. The number of allylic oxidation sites excluding steroid dienone is 1. The van der Waals surface area contributed by atoms with E-state index in [4.69, 9.17) is 108 Å².